The summed E-state index contributed by atoms with van der Waals surface area (Å²) in [5.74, 6) is 0.456. The second-order valence-electron chi connectivity index (χ2n) is 3.64. The molecule has 0 aromatic carbocycles. The van der Waals surface area contributed by atoms with E-state index in [2.05, 4.69) is 6.07 Å². The van der Waals surface area contributed by atoms with Crippen molar-refractivity contribution in [2.24, 2.45) is 5.92 Å². The van der Waals surface area contributed by atoms with Gasteiger partial charge in [0.1, 0.15) is 5.38 Å². The molecule has 0 aliphatic heterocycles. The van der Waals surface area contributed by atoms with Crippen LogP contribution < -0.4 is 0 Å². The summed E-state index contributed by atoms with van der Waals surface area (Å²) in [7, 11) is 0. The maximum atomic E-state index is 8.67. The van der Waals surface area contributed by atoms with E-state index in [0.29, 0.717) is 5.92 Å². The van der Waals surface area contributed by atoms with Crippen LogP contribution in [-0.2, 0) is 0 Å². The summed E-state index contributed by atoms with van der Waals surface area (Å²) in [6.45, 7) is 0. The maximum Gasteiger partial charge on any atom is 0.123 e. The van der Waals surface area contributed by atoms with Crippen molar-refractivity contribution in [2.45, 2.75) is 50.3 Å². The Hall–Kier alpha value is -0.220. The summed E-state index contributed by atoms with van der Waals surface area (Å²) < 4.78 is 0. The molecule has 1 aliphatic carbocycles. The van der Waals surface area contributed by atoms with Crippen LogP contribution in [0.2, 0.25) is 0 Å². The van der Waals surface area contributed by atoms with Crippen molar-refractivity contribution in [3.63, 3.8) is 0 Å². The second-order valence-corrected chi connectivity index (χ2v) is 4.11. The van der Waals surface area contributed by atoms with Gasteiger partial charge in [0.2, 0.25) is 0 Å². The fourth-order valence-corrected chi connectivity index (χ4v) is 2.14. The summed E-state index contributed by atoms with van der Waals surface area (Å²) in [5.41, 5.74) is 0. The fourth-order valence-electron chi connectivity index (χ4n) is 1.89. The van der Waals surface area contributed by atoms with Crippen LogP contribution in [0.3, 0.4) is 0 Å². The number of hydrogen-bond acceptors (Lipinski definition) is 1. The molecule has 1 nitrogen and oxygen atoms in total. The van der Waals surface area contributed by atoms with E-state index >= 15 is 0 Å². The second kappa shape index (κ2) is 5.43. The molecule has 1 rings (SSSR count). The highest BCUT2D eigenvalue weighted by molar-refractivity contribution is 6.22. The molecule has 0 aromatic heterocycles. The van der Waals surface area contributed by atoms with Crippen LogP contribution in [0.25, 0.3) is 0 Å². The maximum absolute atomic E-state index is 8.67. The Kier molecular flexibility index (Phi) is 4.46. The van der Waals surface area contributed by atoms with Crippen LogP contribution in [0.1, 0.15) is 44.9 Å². The van der Waals surface area contributed by atoms with Gasteiger partial charge in [-0.25, -0.2) is 0 Å². The van der Waals surface area contributed by atoms with Crippen LogP contribution in [0.4, 0.5) is 0 Å². The minimum Gasteiger partial charge on any atom is -0.197 e. The number of nitriles is 1. The first-order chi connectivity index (χ1) is 5.84. The zero-order valence-corrected chi connectivity index (χ0v) is 8.19. The quantitative estimate of drug-likeness (QED) is 0.574. The SMILES string of the molecule is N#CC(Cl)C1CCCCCCC1. The highest BCUT2D eigenvalue weighted by atomic mass is 35.5. The third kappa shape index (κ3) is 3.03. The number of nitrogens with zero attached hydrogens (tertiary/aromatic N) is 1. The van der Waals surface area contributed by atoms with Crippen molar-refractivity contribution < 1.29 is 0 Å². The van der Waals surface area contributed by atoms with Gasteiger partial charge >= 0.3 is 0 Å². The van der Waals surface area contributed by atoms with Gasteiger partial charge in [-0.3, -0.25) is 0 Å². The van der Waals surface area contributed by atoms with Crippen LogP contribution in [0.15, 0.2) is 0 Å². The van der Waals surface area contributed by atoms with E-state index in [1.54, 1.807) is 0 Å². The van der Waals surface area contributed by atoms with Crippen LogP contribution in [-0.4, -0.2) is 5.38 Å². The molecule has 1 aliphatic rings. The Bertz CT molecular complexity index is 154. The fraction of sp³-hybridized carbons (Fsp3) is 0.900. The van der Waals surface area contributed by atoms with E-state index in [4.69, 9.17) is 16.9 Å². The van der Waals surface area contributed by atoms with Gasteiger partial charge < -0.3 is 0 Å². The molecule has 0 heterocycles. The first kappa shape index (κ1) is 9.86. The Morgan fingerprint density at radius 3 is 2.08 bits per heavy atom. The van der Waals surface area contributed by atoms with Gasteiger partial charge in [0, 0.05) is 0 Å². The van der Waals surface area contributed by atoms with Gasteiger partial charge in [0.15, 0.2) is 0 Å². The summed E-state index contributed by atoms with van der Waals surface area (Å²) in [4.78, 5) is 0. The van der Waals surface area contributed by atoms with Crippen molar-refractivity contribution in [1.29, 1.82) is 5.26 Å². The van der Waals surface area contributed by atoms with E-state index in [1.165, 1.54) is 32.1 Å². The molecule has 0 saturated heterocycles. The molecule has 0 radical (unpaired) electrons. The first-order valence-corrected chi connectivity index (χ1v) is 5.32. The summed E-state index contributed by atoms with van der Waals surface area (Å²) >= 11 is 5.91. The van der Waals surface area contributed by atoms with Crippen molar-refractivity contribution in [3.05, 3.63) is 0 Å². The third-order valence-corrected chi connectivity index (χ3v) is 3.14. The Morgan fingerprint density at radius 1 is 1.08 bits per heavy atom. The lowest BCUT2D eigenvalue weighted by Gasteiger charge is -2.19. The average Bonchev–Trinajstić information content (AvgIpc) is 2.02. The van der Waals surface area contributed by atoms with Crippen molar-refractivity contribution in [1.82, 2.24) is 0 Å². The van der Waals surface area contributed by atoms with Crippen LogP contribution in [0.5, 0.6) is 0 Å². The van der Waals surface area contributed by atoms with E-state index in [1.807, 2.05) is 0 Å². The molecule has 0 bridgehead atoms. The highest BCUT2D eigenvalue weighted by Crippen LogP contribution is 2.27. The van der Waals surface area contributed by atoms with Gasteiger partial charge in [-0.05, 0) is 18.8 Å². The summed E-state index contributed by atoms with van der Waals surface area (Å²) in [5, 5.41) is 8.42. The third-order valence-electron chi connectivity index (χ3n) is 2.69. The lowest BCUT2D eigenvalue weighted by molar-refractivity contribution is 0.387. The molecule has 0 N–H and O–H groups in total. The predicted molar refractivity (Wildman–Crippen MR) is 51.1 cm³/mol. The van der Waals surface area contributed by atoms with Gasteiger partial charge in [0.05, 0.1) is 6.07 Å². The van der Waals surface area contributed by atoms with Gasteiger partial charge in [-0.1, -0.05) is 32.1 Å². The molecule has 0 amide bonds. The highest BCUT2D eigenvalue weighted by Gasteiger charge is 2.19. The Balaban J connectivity index is 2.35. The minimum absolute atomic E-state index is 0.247. The molecule has 68 valence electrons. The number of hydrogen-bond donors (Lipinski definition) is 0. The topological polar surface area (TPSA) is 23.8 Å². The molecule has 1 saturated carbocycles. The molecule has 2 heteroatoms. The van der Waals surface area contributed by atoms with Gasteiger partial charge in [0.25, 0.3) is 0 Å². The Labute approximate surface area is 79.7 Å². The monoisotopic (exact) mass is 185 g/mol. The molecule has 1 atom stereocenters. The molecule has 1 fully saturated rings. The lowest BCUT2D eigenvalue weighted by Crippen LogP contribution is -2.14. The normalized spacial score (nSPS) is 23.7. The van der Waals surface area contributed by atoms with E-state index in [9.17, 15) is 0 Å². The van der Waals surface area contributed by atoms with Crippen LogP contribution >= 0.6 is 11.6 Å². The molecule has 0 spiro atoms. The van der Waals surface area contributed by atoms with Crippen molar-refractivity contribution >= 4 is 11.6 Å². The number of halogens is 1. The zero-order chi connectivity index (χ0) is 8.81. The molecule has 1 unspecified atom stereocenters. The molecule has 12 heavy (non-hydrogen) atoms. The van der Waals surface area contributed by atoms with Crippen molar-refractivity contribution in [3.8, 4) is 6.07 Å². The van der Waals surface area contributed by atoms with E-state index < -0.39 is 0 Å². The summed E-state index contributed by atoms with van der Waals surface area (Å²) in [6.07, 6.45) is 8.85. The van der Waals surface area contributed by atoms with Gasteiger partial charge in [-0.15, -0.1) is 11.6 Å². The minimum atomic E-state index is -0.247. The van der Waals surface area contributed by atoms with E-state index in [-0.39, 0.29) is 5.38 Å². The number of alkyl halides is 1. The smallest absolute Gasteiger partial charge is 0.123 e. The number of rotatable bonds is 1. The van der Waals surface area contributed by atoms with E-state index in [0.717, 1.165) is 12.8 Å². The Morgan fingerprint density at radius 2 is 1.58 bits per heavy atom. The first-order valence-electron chi connectivity index (χ1n) is 4.88. The molecular formula is C10H16ClN. The summed E-state index contributed by atoms with van der Waals surface area (Å²) in [6, 6.07) is 2.15. The average molecular weight is 186 g/mol. The van der Waals surface area contributed by atoms with Gasteiger partial charge in [-0.2, -0.15) is 5.26 Å². The van der Waals surface area contributed by atoms with Crippen molar-refractivity contribution in [2.75, 3.05) is 0 Å². The molecule has 0 aromatic rings. The molecular weight excluding hydrogens is 170 g/mol. The zero-order valence-electron chi connectivity index (χ0n) is 7.43. The predicted octanol–water partition coefficient (Wildman–Crippen LogP) is 3.48. The van der Waals surface area contributed by atoms with Crippen LogP contribution in [0, 0.1) is 17.2 Å². The lowest BCUT2D eigenvalue weighted by atomic mass is 9.89. The standard InChI is InChI=1S/C10H16ClN/c11-10(8-12)9-6-4-2-1-3-5-7-9/h9-10H,1-7H2. The largest absolute Gasteiger partial charge is 0.197 e.